The molecule has 0 aliphatic rings. The third-order valence-corrected chi connectivity index (χ3v) is 2.00. The highest BCUT2D eigenvalue weighted by molar-refractivity contribution is 7.11. The third-order valence-electron chi connectivity index (χ3n) is 1.02. The third kappa shape index (κ3) is 1.61. The molecule has 0 radical (unpaired) electrons. The minimum absolute atomic E-state index is 0.318. The SMILES string of the molecule is Cc1ccc(CN=O)s1. The van der Waals surface area contributed by atoms with Gasteiger partial charge in [-0.1, -0.05) is 5.18 Å². The van der Waals surface area contributed by atoms with Crippen LogP contribution in [0, 0.1) is 11.8 Å². The molecule has 1 aromatic rings. The molecule has 0 aromatic carbocycles. The fourth-order valence-electron chi connectivity index (χ4n) is 0.634. The van der Waals surface area contributed by atoms with Gasteiger partial charge in [0, 0.05) is 9.75 Å². The van der Waals surface area contributed by atoms with E-state index in [4.69, 9.17) is 0 Å². The van der Waals surface area contributed by atoms with E-state index in [0.717, 1.165) is 4.88 Å². The predicted molar refractivity (Wildman–Crippen MR) is 38.6 cm³/mol. The highest BCUT2D eigenvalue weighted by Gasteiger charge is 1.93. The Morgan fingerprint density at radius 2 is 2.44 bits per heavy atom. The van der Waals surface area contributed by atoms with E-state index in [1.165, 1.54) is 4.88 Å². The van der Waals surface area contributed by atoms with Gasteiger partial charge in [-0.25, -0.2) is 0 Å². The molecule has 0 aliphatic carbocycles. The fourth-order valence-corrected chi connectivity index (χ4v) is 1.44. The van der Waals surface area contributed by atoms with Crippen LogP contribution in [0.2, 0.25) is 0 Å². The smallest absolute Gasteiger partial charge is 0.115 e. The Kier molecular flexibility index (Phi) is 1.95. The summed E-state index contributed by atoms with van der Waals surface area (Å²) in [4.78, 5) is 12.0. The number of aryl methyl sites for hydroxylation is 1. The van der Waals surface area contributed by atoms with Crippen LogP contribution >= 0.6 is 11.3 Å². The summed E-state index contributed by atoms with van der Waals surface area (Å²) in [6, 6.07) is 3.92. The van der Waals surface area contributed by atoms with Gasteiger partial charge >= 0.3 is 0 Å². The Morgan fingerprint density at radius 3 is 2.89 bits per heavy atom. The molecular weight excluding hydrogens is 134 g/mol. The molecular formula is C6H7NOS. The number of nitrogens with zero attached hydrogens (tertiary/aromatic N) is 1. The molecule has 1 aromatic heterocycles. The molecule has 0 spiro atoms. The van der Waals surface area contributed by atoms with Crippen LogP contribution in [0.1, 0.15) is 9.75 Å². The van der Waals surface area contributed by atoms with Gasteiger partial charge in [0.15, 0.2) is 0 Å². The molecule has 0 aliphatic heterocycles. The molecule has 3 heteroatoms. The minimum atomic E-state index is 0.318. The monoisotopic (exact) mass is 141 g/mol. The van der Waals surface area contributed by atoms with Gasteiger partial charge in [-0.2, -0.15) is 4.91 Å². The first kappa shape index (κ1) is 6.42. The number of rotatable bonds is 2. The van der Waals surface area contributed by atoms with Gasteiger partial charge in [0.1, 0.15) is 6.54 Å². The zero-order chi connectivity index (χ0) is 6.69. The molecule has 1 rings (SSSR count). The lowest BCUT2D eigenvalue weighted by atomic mass is 10.4. The van der Waals surface area contributed by atoms with Crippen LogP contribution in [-0.4, -0.2) is 0 Å². The predicted octanol–water partition coefficient (Wildman–Crippen LogP) is 2.32. The van der Waals surface area contributed by atoms with Crippen LogP contribution in [0.15, 0.2) is 17.3 Å². The van der Waals surface area contributed by atoms with Crippen LogP contribution in [-0.2, 0) is 6.54 Å². The van der Waals surface area contributed by atoms with Crippen molar-refractivity contribution in [1.29, 1.82) is 0 Å². The number of thiophene rings is 1. The van der Waals surface area contributed by atoms with E-state index in [0.29, 0.717) is 6.54 Å². The average molecular weight is 141 g/mol. The van der Waals surface area contributed by atoms with E-state index < -0.39 is 0 Å². The quantitative estimate of drug-likeness (QED) is 0.581. The van der Waals surface area contributed by atoms with Gasteiger partial charge in [-0.15, -0.1) is 11.3 Å². The van der Waals surface area contributed by atoms with E-state index in [9.17, 15) is 4.91 Å². The van der Waals surface area contributed by atoms with Gasteiger partial charge in [0.25, 0.3) is 0 Å². The average Bonchev–Trinajstić information content (AvgIpc) is 2.17. The highest BCUT2D eigenvalue weighted by atomic mass is 32.1. The van der Waals surface area contributed by atoms with Crippen LogP contribution in [0.4, 0.5) is 0 Å². The van der Waals surface area contributed by atoms with Crippen molar-refractivity contribution in [2.45, 2.75) is 13.5 Å². The van der Waals surface area contributed by atoms with Gasteiger partial charge in [-0.3, -0.25) is 0 Å². The second kappa shape index (κ2) is 2.73. The first-order valence-electron chi connectivity index (χ1n) is 2.67. The number of hydrogen-bond acceptors (Lipinski definition) is 3. The maximum atomic E-state index is 9.74. The summed E-state index contributed by atoms with van der Waals surface area (Å²) in [5.41, 5.74) is 0. The Morgan fingerprint density at radius 1 is 1.67 bits per heavy atom. The molecule has 0 saturated heterocycles. The van der Waals surface area contributed by atoms with Crippen molar-refractivity contribution in [2.75, 3.05) is 0 Å². The lowest BCUT2D eigenvalue weighted by molar-refractivity contribution is 1.09. The molecule has 2 nitrogen and oxygen atoms in total. The van der Waals surface area contributed by atoms with Crippen molar-refractivity contribution < 1.29 is 0 Å². The van der Waals surface area contributed by atoms with Crippen molar-refractivity contribution in [3.05, 3.63) is 26.8 Å². The summed E-state index contributed by atoms with van der Waals surface area (Å²) in [6.07, 6.45) is 0. The maximum Gasteiger partial charge on any atom is 0.115 e. The molecule has 0 unspecified atom stereocenters. The standard InChI is InChI=1S/C6H7NOS/c1-5-2-3-6(9-5)4-7-8/h2-3H,4H2,1H3. The Hall–Kier alpha value is -0.700. The molecule has 48 valence electrons. The molecule has 0 saturated carbocycles. The van der Waals surface area contributed by atoms with Gasteiger partial charge < -0.3 is 0 Å². The van der Waals surface area contributed by atoms with E-state index >= 15 is 0 Å². The highest BCUT2D eigenvalue weighted by Crippen LogP contribution is 2.15. The van der Waals surface area contributed by atoms with Crippen molar-refractivity contribution in [3.8, 4) is 0 Å². The zero-order valence-corrected chi connectivity index (χ0v) is 5.94. The Balaban J connectivity index is 2.72. The van der Waals surface area contributed by atoms with E-state index in [1.54, 1.807) is 11.3 Å². The lowest BCUT2D eigenvalue weighted by Crippen LogP contribution is -1.66. The summed E-state index contributed by atoms with van der Waals surface area (Å²) in [6.45, 7) is 2.33. The summed E-state index contributed by atoms with van der Waals surface area (Å²) in [5, 5.41) is 2.78. The van der Waals surface area contributed by atoms with E-state index in [1.807, 2.05) is 19.1 Å². The zero-order valence-electron chi connectivity index (χ0n) is 5.13. The Labute approximate surface area is 57.5 Å². The topological polar surface area (TPSA) is 29.4 Å². The van der Waals surface area contributed by atoms with E-state index in [2.05, 4.69) is 5.18 Å². The van der Waals surface area contributed by atoms with Gasteiger partial charge in [0.05, 0.1) is 0 Å². The first-order valence-corrected chi connectivity index (χ1v) is 3.49. The molecule has 0 N–H and O–H groups in total. The van der Waals surface area contributed by atoms with Crippen LogP contribution < -0.4 is 0 Å². The largest absolute Gasteiger partial charge is 0.150 e. The summed E-state index contributed by atoms with van der Waals surface area (Å²) >= 11 is 1.62. The van der Waals surface area contributed by atoms with Crippen molar-refractivity contribution in [3.63, 3.8) is 0 Å². The molecule has 1 heterocycles. The number of nitroso groups, excluding NO2 is 1. The maximum absolute atomic E-state index is 9.74. The number of hydrogen-bond donors (Lipinski definition) is 0. The molecule has 0 fully saturated rings. The van der Waals surface area contributed by atoms with Gasteiger partial charge in [0.2, 0.25) is 0 Å². The molecule has 0 amide bonds. The minimum Gasteiger partial charge on any atom is -0.150 e. The second-order valence-corrected chi connectivity index (χ2v) is 3.17. The van der Waals surface area contributed by atoms with Crippen LogP contribution in [0.25, 0.3) is 0 Å². The lowest BCUT2D eigenvalue weighted by Gasteiger charge is -1.79. The normalized spacial score (nSPS) is 9.44. The summed E-state index contributed by atoms with van der Waals surface area (Å²) in [5.74, 6) is 0. The van der Waals surface area contributed by atoms with Crippen molar-refractivity contribution in [1.82, 2.24) is 0 Å². The summed E-state index contributed by atoms with van der Waals surface area (Å²) < 4.78 is 0. The van der Waals surface area contributed by atoms with Crippen molar-refractivity contribution in [2.24, 2.45) is 5.18 Å². The fraction of sp³-hybridized carbons (Fsp3) is 0.333. The molecule has 9 heavy (non-hydrogen) atoms. The van der Waals surface area contributed by atoms with Crippen LogP contribution in [0.3, 0.4) is 0 Å². The molecule has 0 bridgehead atoms. The second-order valence-electron chi connectivity index (χ2n) is 1.80. The van der Waals surface area contributed by atoms with Crippen LogP contribution in [0.5, 0.6) is 0 Å². The van der Waals surface area contributed by atoms with Gasteiger partial charge in [-0.05, 0) is 19.1 Å². The summed E-state index contributed by atoms with van der Waals surface area (Å²) in [7, 11) is 0. The van der Waals surface area contributed by atoms with E-state index in [-0.39, 0.29) is 0 Å². The Bertz CT molecular complexity index is 207. The van der Waals surface area contributed by atoms with Crippen molar-refractivity contribution >= 4 is 11.3 Å². The molecule has 0 atom stereocenters. The first-order chi connectivity index (χ1) is 4.33.